The van der Waals surface area contributed by atoms with Crippen LogP contribution in [-0.4, -0.2) is 18.9 Å². The first kappa shape index (κ1) is 23.6. The van der Waals surface area contributed by atoms with Gasteiger partial charge in [0, 0.05) is 16.3 Å². The van der Waals surface area contributed by atoms with Crippen molar-refractivity contribution in [1.82, 2.24) is 0 Å². The second-order valence-corrected chi connectivity index (χ2v) is 8.63. The van der Waals surface area contributed by atoms with E-state index >= 15 is 0 Å². The number of carbonyl (C=O) groups excluding carboxylic acids is 1. The van der Waals surface area contributed by atoms with Crippen LogP contribution in [0.2, 0.25) is 0 Å². The van der Waals surface area contributed by atoms with Gasteiger partial charge < -0.3 is 5.84 Å². The molecule has 0 fully saturated rings. The van der Waals surface area contributed by atoms with Crippen LogP contribution in [0.5, 0.6) is 0 Å². The predicted molar refractivity (Wildman–Crippen MR) is 131 cm³/mol. The normalized spacial score (nSPS) is 11.9. The van der Waals surface area contributed by atoms with Gasteiger partial charge in [-0.2, -0.15) is 13.5 Å². The third-order valence-corrected chi connectivity index (χ3v) is 5.93. The highest BCUT2D eigenvalue weighted by molar-refractivity contribution is 7.86. The molecular formula is C23H19N7O4S. The molecule has 4 aromatic carbocycles. The van der Waals surface area contributed by atoms with Gasteiger partial charge in [0.1, 0.15) is 16.3 Å². The number of hydrogen-bond donors (Lipinski definition) is 3. The zero-order valence-electron chi connectivity index (χ0n) is 18.1. The quantitative estimate of drug-likeness (QED) is 0.113. The topological polar surface area (TPSA) is 176 Å². The van der Waals surface area contributed by atoms with E-state index in [0.29, 0.717) is 22.3 Å². The summed E-state index contributed by atoms with van der Waals surface area (Å²) < 4.78 is 33.6. The van der Waals surface area contributed by atoms with Gasteiger partial charge in [-0.3, -0.25) is 9.35 Å². The number of benzene rings is 4. The van der Waals surface area contributed by atoms with Crippen LogP contribution in [0, 0.1) is 0 Å². The number of para-hydroxylation sites is 1. The maximum absolute atomic E-state index is 12.6. The Morgan fingerprint density at radius 1 is 0.829 bits per heavy atom. The summed E-state index contributed by atoms with van der Waals surface area (Å²) in [5.41, 5.74) is 1.42. The molecule has 5 N–H and O–H groups in total. The van der Waals surface area contributed by atoms with Gasteiger partial charge in [-0.15, -0.1) is 10.2 Å². The Bertz CT molecular complexity index is 1550. The standard InChI is InChI=1S/C23H19N7O4S/c24-29-28-22-19-9-5-4-8-18(19)21(35(32,33)34)14-20(22)27-26-16-12-10-15(11-13-16)23(31)30(25)17-6-2-1-3-7-17/h1-14H,25H2,(H2,24,28)(H,32,33,34). The minimum Gasteiger partial charge on any atom is -0.305 e. The van der Waals surface area contributed by atoms with Crippen molar-refractivity contribution in [3.8, 4) is 0 Å². The largest absolute Gasteiger partial charge is 0.305 e. The average molecular weight is 490 g/mol. The molecule has 11 nitrogen and oxygen atoms in total. The molecule has 0 heterocycles. The highest BCUT2D eigenvalue weighted by atomic mass is 32.2. The van der Waals surface area contributed by atoms with Crippen molar-refractivity contribution in [1.29, 1.82) is 0 Å². The highest BCUT2D eigenvalue weighted by Gasteiger charge is 2.20. The summed E-state index contributed by atoms with van der Waals surface area (Å²) in [6.07, 6.45) is 0. The first-order chi connectivity index (χ1) is 16.8. The van der Waals surface area contributed by atoms with Crippen molar-refractivity contribution >= 4 is 49.5 Å². The Morgan fingerprint density at radius 2 is 1.46 bits per heavy atom. The maximum atomic E-state index is 12.6. The molecule has 0 aliphatic rings. The minimum atomic E-state index is -4.57. The number of anilines is 1. The van der Waals surface area contributed by atoms with Crippen molar-refractivity contribution in [2.24, 2.45) is 32.3 Å². The molecule has 176 valence electrons. The minimum absolute atomic E-state index is 0.0166. The van der Waals surface area contributed by atoms with Crippen molar-refractivity contribution in [2.75, 3.05) is 5.01 Å². The Hall–Kier alpha value is -4.52. The Kier molecular flexibility index (Phi) is 6.59. The molecule has 0 radical (unpaired) electrons. The van der Waals surface area contributed by atoms with Crippen LogP contribution < -0.4 is 16.7 Å². The number of hydrazine groups is 1. The van der Waals surface area contributed by atoms with E-state index in [4.69, 9.17) is 11.7 Å². The molecule has 12 heteroatoms. The van der Waals surface area contributed by atoms with Gasteiger partial charge in [-0.25, -0.2) is 10.9 Å². The zero-order chi connectivity index (χ0) is 25.0. The van der Waals surface area contributed by atoms with E-state index in [1.807, 2.05) is 6.07 Å². The summed E-state index contributed by atoms with van der Waals surface area (Å²) in [7, 11) is -4.57. The lowest BCUT2D eigenvalue weighted by Gasteiger charge is -2.16. The third kappa shape index (κ3) is 5.04. The monoisotopic (exact) mass is 489 g/mol. The molecule has 1 amide bonds. The van der Waals surface area contributed by atoms with Gasteiger partial charge >= 0.3 is 0 Å². The third-order valence-electron chi connectivity index (χ3n) is 5.03. The lowest BCUT2D eigenvalue weighted by atomic mass is 10.1. The fourth-order valence-corrected chi connectivity index (χ4v) is 4.11. The molecule has 0 aromatic heterocycles. The van der Waals surface area contributed by atoms with Crippen molar-refractivity contribution in [3.05, 3.63) is 90.5 Å². The molecule has 0 aliphatic heterocycles. The molecule has 4 rings (SSSR count). The Balaban J connectivity index is 1.68. The number of nitrogens with zero attached hydrogens (tertiary/aromatic N) is 5. The maximum Gasteiger partial charge on any atom is 0.295 e. The van der Waals surface area contributed by atoms with Gasteiger partial charge in [0.05, 0.1) is 11.4 Å². The smallest absolute Gasteiger partial charge is 0.295 e. The first-order valence-electron chi connectivity index (χ1n) is 10.1. The molecule has 35 heavy (non-hydrogen) atoms. The lowest BCUT2D eigenvalue weighted by molar-refractivity contribution is 0.0987. The zero-order valence-corrected chi connectivity index (χ0v) is 18.9. The summed E-state index contributed by atoms with van der Waals surface area (Å²) in [5, 5.41) is 17.0. The molecule has 0 bridgehead atoms. The van der Waals surface area contributed by atoms with E-state index < -0.39 is 16.0 Å². The number of azo groups is 1. The van der Waals surface area contributed by atoms with Crippen LogP contribution in [0.25, 0.3) is 10.8 Å². The molecule has 0 saturated carbocycles. The van der Waals surface area contributed by atoms with E-state index in [1.54, 1.807) is 54.6 Å². The lowest BCUT2D eigenvalue weighted by Crippen LogP contribution is -2.37. The summed E-state index contributed by atoms with van der Waals surface area (Å²) in [4.78, 5) is 12.3. The summed E-state index contributed by atoms with van der Waals surface area (Å²) in [6, 6.07) is 22.5. The van der Waals surface area contributed by atoms with Crippen LogP contribution in [-0.2, 0) is 10.1 Å². The molecule has 0 saturated heterocycles. The molecule has 0 aliphatic carbocycles. The average Bonchev–Trinajstić information content (AvgIpc) is 2.87. The summed E-state index contributed by atoms with van der Waals surface area (Å²) in [6.45, 7) is 0. The van der Waals surface area contributed by atoms with Gasteiger partial charge in [0.15, 0.2) is 0 Å². The number of amides is 1. The number of carbonyl (C=O) groups is 1. The van der Waals surface area contributed by atoms with Crippen LogP contribution in [0.4, 0.5) is 22.7 Å². The van der Waals surface area contributed by atoms with Crippen LogP contribution in [0.15, 0.2) is 110 Å². The SMILES string of the molecule is NN=Nc1c(N=Nc2ccc(C(=O)N(N)c3ccccc3)cc2)cc(S(=O)(=O)O)c2ccccc12. The Labute approximate surface area is 200 Å². The number of fused-ring (bicyclic) bond motifs is 1. The van der Waals surface area contributed by atoms with E-state index in [1.165, 1.54) is 18.2 Å². The number of nitrogens with two attached hydrogens (primary N) is 2. The fourth-order valence-electron chi connectivity index (χ4n) is 3.39. The van der Waals surface area contributed by atoms with E-state index in [0.717, 1.165) is 11.1 Å². The highest BCUT2D eigenvalue weighted by Crippen LogP contribution is 2.40. The van der Waals surface area contributed by atoms with Gasteiger partial charge in [-0.1, -0.05) is 47.7 Å². The molecule has 0 unspecified atom stereocenters. The molecule has 4 aromatic rings. The van der Waals surface area contributed by atoms with Crippen molar-refractivity contribution < 1.29 is 17.8 Å². The Morgan fingerprint density at radius 3 is 2.09 bits per heavy atom. The number of hydrogen-bond acceptors (Lipinski definition) is 8. The predicted octanol–water partition coefficient (Wildman–Crippen LogP) is 4.98. The van der Waals surface area contributed by atoms with Crippen molar-refractivity contribution in [3.63, 3.8) is 0 Å². The molecular weight excluding hydrogens is 470 g/mol. The van der Waals surface area contributed by atoms with Gasteiger partial charge in [0.25, 0.3) is 16.0 Å². The van der Waals surface area contributed by atoms with E-state index in [9.17, 15) is 17.8 Å². The van der Waals surface area contributed by atoms with Gasteiger partial charge in [-0.05, 0) is 42.5 Å². The van der Waals surface area contributed by atoms with Crippen LogP contribution >= 0.6 is 0 Å². The first-order valence-corrected chi connectivity index (χ1v) is 11.5. The van der Waals surface area contributed by atoms with E-state index in [-0.39, 0.29) is 21.7 Å². The second-order valence-electron chi connectivity index (χ2n) is 7.24. The van der Waals surface area contributed by atoms with Crippen LogP contribution in [0.1, 0.15) is 10.4 Å². The molecule has 0 spiro atoms. The van der Waals surface area contributed by atoms with Gasteiger partial charge in [0.2, 0.25) is 0 Å². The summed E-state index contributed by atoms with van der Waals surface area (Å²) in [5.74, 6) is 10.7. The van der Waals surface area contributed by atoms with Crippen LogP contribution in [0.3, 0.4) is 0 Å². The van der Waals surface area contributed by atoms with E-state index in [2.05, 4.69) is 20.6 Å². The summed E-state index contributed by atoms with van der Waals surface area (Å²) >= 11 is 0. The molecule has 0 atom stereocenters. The second kappa shape index (κ2) is 9.77. The fraction of sp³-hybridized carbons (Fsp3) is 0. The number of rotatable bonds is 6. The van der Waals surface area contributed by atoms with Crippen molar-refractivity contribution in [2.45, 2.75) is 4.90 Å².